The number of aromatic amines is 1. The molecule has 1 aromatic heterocycles. The fraction of sp³-hybridized carbons (Fsp3) is 0.360. The number of nitrogens with zero attached hydrogens (tertiary/aromatic N) is 2. The predicted octanol–water partition coefficient (Wildman–Crippen LogP) is 4.91. The molecule has 4 rings (SSSR count). The van der Waals surface area contributed by atoms with Crippen LogP contribution in [0.3, 0.4) is 0 Å². The van der Waals surface area contributed by atoms with E-state index in [4.69, 9.17) is 11.6 Å². The van der Waals surface area contributed by atoms with Crippen LogP contribution in [-0.4, -0.2) is 47.8 Å². The van der Waals surface area contributed by atoms with Gasteiger partial charge < -0.3 is 4.90 Å². The van der Waals surface area contributed by atoms with Gasteiger partial charge in [0.1, 0.15) is 0 Å². The van der Waals surface area contributed by atoms with Crippen molar-refractivity contribution in [1.29, 1.82) is 0 Å². The molecule has 0 unspecified atom stereocenters. The molecule has 1 saturated carbocycles. The van der Waals surface area contributed by atoms with E-state index in [0.717, 1.165) is 29.8 Å². The van der Waals surface area contributed by atoms with Gasteiger partial charge in [-0.05, 0) is 56.0 Å². The highest BCUT2D eigenvalue weighted by Gasteiger charge is 2.53. The molecule has 1 amide bonds. The second-order valence-electron chi connectivity index (χ2n) is 8.63. The predicted molar refractivity (Wildman–Crippen MR) is 130 cm³/mol. The van der Waals surface area contributed by atoms with Gasteiger partial charge in [-0.2, -0.15) is 5.10 Å². The number of sulfone groups is 1. The number of aryl methyl sites for hydroxylation is 1. The monoisotopic (exact) mass is 485 g/mol. The lowest BCUT2D eigenvalue weighted by Crippen LogP contribution is -2.51. The zero-order valence-electron chi connectivity index (χ0n) is 18.6. The smallest absolute Gasteiger partial charge is 0.244 e. The number of H-pyrrole nitrogens is 1. The van der Waals surface area contributed by atoms with Gasteiger partial charge in [-0.3, -0.25) is 9.89 Å². The Morgan fingerprint density at radius 1 is 1.09 bits per heavy atom. The van der Waals surface area contributed by atoms with Crippen molar-refractivity contribution < 1.29 is 13.2 Å². The van der Waals surface area contributed by atoms with Gasteiger partial charge in [0, 0.05) is 29.9 Å². The SMILES string of the molecule is CN(CCCc1cc(-c2ccccc2)n[nH]1)C(=O)C1(S(=O)(=O)c2ccc(Cl)cc2)CCCC1. The van der Waals surface area contributed by atoms with Crippen LogP contribution >= 0.6 is 11.6 Å². The molecule has 1 aliphatic rings. The van der Waals surface area contributed by atoms with E-state index in [1.165, 1.54) is 12.1 Å². The number of halogens is 1. The van der Waals surface area contributed by atoms with Crippen molar-refractivity contribution in [1.82, 2.24) is 15.1 Å². The van der Waals surface area contributed by atoms with Crippen LogP contribution in [0, 0.1) is 0 Å². The van der Waals surface area contributed by atoms with E-state index in [9.17, 15) is 13.2 Å². The third-order valence-corrected chi connectivity index (χ3v) is 9.18. The van der Waals surface area contributed by atoms with E-state index in [-0.39, 0.29) is 10.8 Å². The molecule has 1 fully saturated rings. The van der Waals surface area contributed by atoms with E-state index < -0.39 is 14.6 Å². The van der Waals surface area contributed by atoms with Gasteiger partial charge in [0.25, 0.3) is 0 Å². The Morgan fingerprint density at radius 3 is 2.42 bits per heavy atom. The fourth-order valence-electron chi connectivity index (χ4n) is 4.59. The number of carbonyl (C=O) groups excluding carboxylic acids is 1. The minimum atomic E-state index is -3.83. The number of amides is 1. The first-order chi connectivity index (χ1) is 15.8. The van der Waals surface area contributed by atoms with Gasteiger partial charge in [0.05, 0.1) is 10.6 Å². The minimum Gasteiger partial charge on any atom is -0.344 e. The molecule has 174 valence electrons. The number of aromatic nitrogens is 2. The van der Waals surface area contributed by atoms with Crippen LogP contribution in [0.4, 0.5) is 0 Å². The number of hydrogen-bond acceptors (Lipinski definition) is 4. The summed E-state index contributed by atoms with van der Waals surface area (Å²) in [5, 5.41) is 7.90. The van der Waals surface area contributed by atoms with Crippen LogP contribution in [0.2, 0.25) is 5.02 Å². The third-order valence-electron chi connectivity index (χ3n) is 6.43. The number of carbonyl (C=O) groups is 1. The van der Waals surface area contributed by atoms with E-state index in [1.807, 2.05) is 36.4 Å². The second kappa shape index (κ2) is 9.69. The molecular weight excluding hydrogens is 458 g/mol. The quantitative estimate of drug-likeness (QED) is 0.491. The van der Waals surface area contributed by atoms with E-state index >= 15 is 0 Å². The lowest BCUT2D eigenvalue weighted by atomic mass is 10.1. The van der Waals surface area contributed by atoms with E-state index in [2.05, 4.69) is 10.2 Å². The molecule has 1 aliphatic carbocycles. The summed E-state index contributed by atoms with van der Waals surface area (Å²) in [6, 6.07) is 18.0. The van der Waals surface area contributed by atoms with E-state index in [1.54, 1.807) is 24.1 Å². The first-order valence-corrected chi connectivity index (χ1v) is 13.1. The Morgan fingerprint density at radius 2 is 1.76 bits per heavy atom. The van der Waals surface area contributed by atoms with Crippen LogP contribution in [0.5, 0.6) is 0 Å². The fourth-order valence-corrected chi connectivity index (χ4v) is 6.87. The molecule has 0 saturated heterocycles. The molecule has 0 bridgehead atoms. The number of rotatable bonds is 8. The van der Waals surface area contributed by atoms with Crippen molar-refractivity contribution in [2.75, 3.05) is 13.6 Å². The maximum atomic E-state index is 13.5. The van der Waals surface area contributed by atoms with Crippen molar-refractivity contribution in [3.63, 3.8) is 0 Å². The van der Waals surface area contributed by atoms with Crippen LogP contribution < -0.4 is 0 Å². The Kier molecular flexibility index (Phi) is 6.91. The van der Waals surface area contributed by atoms with Crippen molar-refractivity contribution in [2.24, 2.45) is 0 Å². The van der Waals surface area contributed by atoms with Crippen molar-refractivity contribution >= 4 is 27.3 Å². The van der Waals surface area contributed by atoms with Crippen LogP contribution in [-0.2, 0) is 21.1 Å². The van der Waals surface area contributed by atoms with Gasteiger partial charge in [0.2, 0.25) is 5.91 Å². The third kappa shape index (κ3) is 4.70. The molecular formula is C25H28ClN3O3S. The minimum absolute atomic E-state index is 0.154. The van der Waals surface area contributed by atoms with Gasteiger partial charge in [-0.1, -0.05) is 54.8 Å². The van der Waals surface area contributed by atoms with Crippen molar-refractivity contribution in [3.05, 3.63) is 71.4 Å². The molecule has 0 radical (unpaired) electrons. The van der Waals surface area contributed by atoms with Crippen LogP contribution in [0.15, 0.2) is 65.6 Å². The summed E-state index contributed by atoms with van der Waals surface area (Å²) >= 11 is 5.94. The summed E-state index contributed by atoms with van der Waals surface area (Å²) in [5.74, 6) is -0.315. The van der Waals surface area contributed by atoms with E-state index in [0.29, 0.717) is 37.3 Å². The number of benzene rings is 2. The maximum Gasteiger partial charge on any atom is 0.244 e. The highest BCUT2D eigenvalue weighted by molar-refractivity contribution is 7.93. The van der Waals surface area contributed by atoms with Crippen LogP contribution in [0.25, 0.3) is 11.3 Å². The molecule has 1 heterocycles. The summed E-state index contributed by atoms with van der Waals surface area (Å²) in [6.45, 7) is 0.469. The van der Waals surface area contributed by atoms with Crippen LogP contribution in [0.1, 0.15) is 37.8 Å². The molecule has 0 aliphatic heterocycles. The zero-order chi connectivity index (χ0) is 23.5. The summed E-state index contributed by atoms with van der Waals surface area (Å²) in [5.41, 5.74) is 2.91. The molecule has 2 aromatic carbocycles. The van der Waals surface area contributed by atoms with Gasteiger partial charge in [-0.15, -0.1) is 0 Å². The summed E-state index contributed by atoms with van der Waals surface area (Å²) in [7, 11) is -2.14. The van der Waals surface area contributed by atoms with Crippen molar-refractivity contribution in [3.8, 4) is 11.3 Å². The zero-order valence-corrected chi connectivity index (χ0v) is 20.2. The summed E-state index contributed by atoms with van der Waals surface area (Å²) in [6.07, 6.45) is 3.57. The summed E-state index contributed by atoms with van der Waals surface area (Å²) < 4.78 is 25.7. The normalized spacial score (nSPS) is 15.5. The molecule has 33 heavy (non-hydrogen) atoms. The standard InChI is InChI=1S/C25H28ClN3O3S/c1-29(17-7-10-21-18-23(28-27-21)19-8-3-2-4-9-19)24(30)25(15-5-6-16-25)33(31,32)22-13-11-20(26)12-14-22/h2-4,8-9,11-14,18H,5-7,10,15-17H2,1H3,(H,27,28). The molecule has 0 spiro atoms. The Labute approximate surface area is 199 Å². The molecule has 8 heteroatoms. The first kappa shape index (κ1) is 23.5. The summed E-state index contributed by atoms with van der Waals surface area (Å²) in [4.78, 5) is 15.2. The lowest BCUT2D eigenvalue weighted by molar-refractivity contribution is -0.132. The molecule has 0 atom stereocenters. The highest BCUT2D eigenvalue weighted by atomic mass is 35.5. The van der Waals surface area contributed by atoms with Gasteiger partial charge in [0.15, 0.2) is 14.6 Å². The molecule has 1 N–H and O–H groups in total. The largest absolute Gasteiger partial charge is 0.344 e. The first-order valence-electron chi connectivity index (χ1n) is 11.2. The Bertz CT molecular complexity index is 1200. The lowest BCUT2D eigenvalue weighted by Gasteiger charge is -2.32. The Balaban J connectivity index is 1.43. The maximum absolute atomic E-state index is 13.5. The highest BCUT2D eigenvalue weighted by Crippen LogP contribution is 2.42. The average Bonchev–Trinajstić information content (AvgIpc) is 3.50. The molecule has 3 aromatic rings. The average molecular weight is 486 g/mol. The van der Waals surface area contributed by atoms with Gasteiger partial charge in [-0.25, -0.2) is 8.42 Å². The Hall–Kier alpha value is -2.64. The molecule has 6 nitrogen and oxygen atoms in total. The second-order valence-corrected chi connectivity index (χ2v) is 11.3. The van der Waals surface area contributed by atoms with Crippen molar-refractivity contribution in [2.45, 2.75) is 48.2 Å². The number of nitrogens with one attached hydrogen (secondary N) is 1. The number of hydrogen-bond donors (Lipinski definition) is 1. The van der Waals surface area contributed by atoms with Gasteiger partial charge >= 0.3 is 0 Å². The topological polar surface area (TPSA) is 83.1 Å².